The molecule has 0 N–H and O–H groups in total. The topological polar surface area (TPSA) is 12.9 Å². The molecule has 0 unspecified atom stereocenters. The van der Waals surface area contributed by atoms with Crippen LogP contribution in [0.1, 0.15) is 41.7 Å². The largest absolute Gasteiger partial charge is 0.256 e. The lowest BCUT2D eigenvalue weighted by atomic mass is 9.89. The van der Waals surface area contributed by atoms with Crippen molar-refractivity contribution in [2.75, 3.05) is 0 Å². The highest BCUT2D eigenvalue weighted by molar-refractivity contribution is 5.95. The van der Waals surface area contributed by atoms with Gasteiger partial charge in [0.05, 0.1) is 5.69 Å². The molecule has 4 aromatic carbocycles. The van der Waals surface area contributed by atoms with Crippen molar-refractivity contribution in [3.8, 4) is 22.4 Å². The first-order valence-electron chi connectivity index (χ1n) is 13.3. The van der Waals surface area contributed by atoms with E-state index < -0.39 is 0 Å². The third kappa shape index (κ3) is 4.71. The van der Waals surface area contributed by atoms with Gasteiger partial charge in [0.1, 0.15) is 0 Å². The average molecular weight is 468 g/mol. The van der Waals surface area contributed by atoms with Gasteiger partial charge in [0, 0.05) is 17.1 Å². The summed E-state index contributed by atoms with van der Waals surface area (Å²) in [7, 11) is 0. The molecule has 4 aliphatic carbocycles. The zero-order chi connectivity index (χ0) is 24.5. The number of fused-ring (bicyclic) bond motifs is 1. The molecule has 1 heterocycles. The molecule has 0 amide bonds. The number of benzene rings is 4. The zero-order valence-electron chi connectivity index (χ0n) is 21.3. The number of hydrogen-bond acceptors (Lipinski definition) is 1. The summed E-state index contributed by atoms with van der Waals surface area (Å²) in [5.74, 6) is 0.652. The van der Waals surface area contributed by atoms with Crippen LogP contribution in [0.15, 0.2) is 97.2 Å². The zero-order valence-corrected chi connectivity index (χ0v) is 21.3. The van der Waals surface area contributed by atoms with Gasteiger partial charge in [-0.1, -0.05) is 92.7 Å². The average Bonchev–Trinajstić information content (AvgIpc) is 2.89. The second kappa shape index (κ2) is 9.74. The molecule has 4 aliphatic rings. The van der Waals surface area contributed by atoms with Crippen LogP contribution < -0.4 is 0 Å². The van der Waals surface area contributed by atoms with E-state index in [1.165, 1.54) is 55.3 Å². The van der Waals surface area contributed by atoms with Gasteiger partial charge in [-0.25, -0.2) is 0 Å². The third-order valence-electron chi connectivity index (χ3n) is 7.50. The minimum Gasteiger partial charge on any atom is -0.256 e. The maximum absolute atomic E-state index is 4.84. The van der Waals surface area contributed by atoms with Crippen molar-refractivity contribution < 1.29 is 0 Å². The summed E-state index contributed by atoms with van der Waals surface area (Å²) in [6.45, 7) is 4.55. The van der Waals surface area contributed by atoms with Gasteiger partial charge in [-0.05, 0) is 94.5 Å². The molecule has 0 atom stereocenters. The van der Waals surface area contributed by atoms with E-state index in [1.807, 2.05) is 6.20 Å². The van der Waals surface area contributed by atoms with Crippen LogP contribution in [0.3, 0.4) is 0 Å². The predicted molar refractivity (Wildman–Crippen MR) is 152 cm³/mol. The van der Waals surface area contributed by atoms with Gasteiger partial charge < -0.3 is 0 Å². The van der Waals surface area contributed by atoms with Crippen LogP contribution in [-0.2, 0) is 32.1 Å². The van der Waals surface area contributed by atoms with Crippen LogP contribution in [0.2, 0.25) is 0 Å². The summed E-state index contributed by atoms with van der Waals surface area (Å²) < 4.78 is 0. The van der Waals surface area contributed by atoms with Crippen LogP contribution in [0.4, 0.5) is 0 Å². The minimum absolute atomic E-state index is 0.652. The minimum atomic E-state index is 0.652. The lowest BCUT2D eigenvalue weighted by Crippen LogP contribution is -2.00. The van der Waals surface area contributed by atoms with Crippen molar-refractivity contribution in [2.45, 2.75) is 46.0 Å². The molecule has 0 fully saturated rings. The molecular weight excluding hydrogens is 434 g/mol. The number of aromatic nitrogens is 1. The molecule has 5 aromatic rings. The Bertz CT molecular complexity index is 1520. The van der Waals surface area contributed by atoms with Crippen molar-refractivity contribution in [3.05, 3.63) is 125 Å². The van der Waals surface area contributed by atoms with Gasteiger partial charge in [0.2, 0.25) is 0 Å². The SMILES string of the molecule is CC(C)Cc1ccc2c(-c3cccc(-c4cc5ccc4CCc4ccc(cc4)CC5)c3)nccc2c1. The van der Waals surface area contributed by atoms with Crippen LogP contribution in [0, 0.1) is 5.92 Å². The summed E-state index contributed by atoms with van der Waals surface area (Å²) in [6, 6.07) is 34.3. The maximum Gasteiger partial charge on any atom is 0.0780 e. The number of nitrogens with zero attached hydrogens (tertiary/aromatic N) is 1. The molecule has 9 rings (SSSR count). The first-order chi connectivity index (χ1) is 17.6. The Morgan fingerprint density at radius 3 is 2.19 bits per heavy atom. The quantitative estimate of drug-likeness (QED) is 0.258. The fraction of sp³-hybridized carbons (Fsp3) is 0.229. The molecule has 0 radical (unpaired) electrons. The first kappa shape index (κ1) is 22.7. The van der Waals surface area contributed by atoms with Gasteiger partial charge in [0.25, 0.3) is 0 Å². The molecule has 0 spiro atoms. The Balaban J connectivity index is 1.40. The van der Waals surface area contributed by atoms with Gasteiger partial charge >= 0.3 is 0 Å². The third-order valence-corrected chi connectivity index (χ3v) is 7.50. The maximum atomic E-state index is 4.84. The first-order valence-corrected chi connectivity index (χ1v) is 13.3. The summed E-state index contributed by atoms with van der Waals surface area (Å²) in [4.78, 5) is 4.84. The fourth-order valence-electron chi connectivity index (χ4n) is 5.60. The van der Waals surface area contributed by atoms with Crippen molar-refractivity contribution in [1.82, 2.24) is 4.98 Å². The van der Waals surface area contributed by atoms with E-state index in [1.54, 1.807) is 0 Å². The standard InChI is InChI=1S/C35H33N/c1-24(2)20-28-14-17-33-31(21-28)18-19-36-35(33)32-5-3-4-30(23-32)34-22-27-11-10-25-6-8-26(9-7-25)12-15-29(34)16-13-27/h3-9,13-14,16-19,21-24H,10-12,15,20H2,1-2H3. The van der Waals surface area contributed by atoms with E-state index in [9.17, 15) is 0 Å². The number of rotatable bonds is 4. The van der Waals surface area contributed by atoms with E-state index >= 15 is 0 Å². The van der Waals surface area contributed by atoms with Gasteiger partial charge in [-0.2, -0.15) is 0 Å². The molecule has 0 saturated heterocycles. The van der Waals surface area contributed by atoms with Crippen molar-refractivity contribution in [3.63, 3.8) is 0 Å². The van der Waals surface area contributed by atoms with E-state index in [4.69, 9.17) is 4.98 Å². The van der Waals surface area contributed by atoms with Crippen molar-refractivity contribution in [1.29, 1.82) is 0 Å². The second-order valence-electron chi connectivity index (χ2n) is 10.7. The number of hydrogen-bond donors (Lipinski definition) is 0. The van der Waals surface area contributed by atoms with Crippen LogP contribution in [0.5, 0.6) is 0 Å². The van der Waals surface area contributed by atoms with Crippen LogP contribution >= 0.6 is 0 Å². The summed E-state index contributed by atoms with van der Waals surface area (Å²) in [6.07, 6.45) is 7.32. The highest BCUT2D eigenvalue weighted by Crippen LogP contribution is 2.33. The molecule has 1 heteroatoms. The monoisotopic (exact) mass is 467 g/mol. The molecule has 4 bridgehead atoms. The Labute approximate surface area is 214 Å². The normalized spacial score (nSPS) is 13.2. The van der Waals surface area contributed by atoms with Gasteiger partial charge in [-0.15, -0.1) is 0 Å². The number of pyridine rings is 1. The molecule has 36 heavy (non-hydrogen) atoms. The highest BCUT2D eigenvalue weighted by Gasteiger charge is 2.12. The molecule has 0 saturated carbocycles. The van der Waals surface area contributed by atoms with Crippen LogP contribution in [0.25, 0.3) is 33.2 Å². The molecular formula is C35H33N. The molecule has 1 nitrogen and oxygen atoms in total. The Hall–Kier alpha value is -3.71. The highest BCUT2D eigenvalue weighted by atomic mass is 14.7. The lowest BCUT2D eigenvalue weighted by Gasteiger charge is -2.16. The van der Waals surface area contributed by atoms with Crippen LogP contribution in [-0.4, -0.2) is 4.98 Å². The summed E-state index contributed by atoms with van der Waals surface area (Å²) in [5.41, 5.74) is 12.0. The molecule has 1 aromatic heterocycles. The Kier molecular flexibility index (Phi) is 6.15. The van der Waals surface area contributed by atoms with E-state index in [0.29, 0.717) is 5.92 Å². The molecule has 178 valence electrons. The smallest absolute Gasteiger partial charge is 0.0780 e. The summed E-state index contributed by atoms with van der Waals surface area (Å²) >= 11 is 0. The van der Waals surface area contributed by atoms with Gasteiger partial charge in [-0.3, -0.25) is 4.98 Å². The van der Waals surface area contributed by atoms with Gasteiger partial charge in [0.15, 0.2) is 0 Å². The summed E-state index contributed by atoms with van der Waals surface area (Å²) in [5, 5.41) is 2.49. The second-order valence-corrected chi connectivity index (χ2v) is 10.7. The van der Waals surface area contributed by atoms with E-state index in [-0.39, 0.29) is 0 Å². The van der Waals surface area contributed by atoms with E-state index in [0.717, 1.165) is 37.8 Å². The fourth-order valence-corrected chi connectivity index (χ4v) is 5.60. The van der Waals surface area contributed by atoms with E-state index in [2.05, 4.69) is 105 Å². The Morgan fingerprint density at radius 1 is 0.667 bits per heavy atom. The predicted octanol–water partition coefficient (Wildman–Crippen LogP) is 8.65. The molecule has 0 aliphatic heterocycles. The van der Waals surface area contributed by atoms with Crippen molar-refractivity contribution in [2.24, 2.45) is 5.92 Å². The lowest BCUT2D eigenvalue weighted by molar-refractivity contribution is 0.648. The Morgan fingerprint density at radius 2 is 1.39 bits per heavy atom. The number of aryl methyl sites for hydroxylation is 4. The van der Waals surface area contributed by atoms with Crippen molar-refractivity contribution >= 4 is 10.8 Å².